The van der Waals surface area contributed by atoms with Gasteiger partial charge in [-0.1, -0.05) is 35.5 Å². The highest BCUT2D eigenvalue weighted by Gasteiger charge is 2.21. The van der Waals surface area contributed by atoms with Crippen LogP contribution in [0, 0.1) is 0 Å². The number of amides is 1. The van der Waals surface area contributed by atoms with Gasteiger partial charge in [-0.05, 0) is 12.1 Å². The summed E-state index contributed by atoms with van der Waals surface area (Å²) in [6, 6.07) is 12.9. The Morgan fingerprint density at radius 3 is 2.68 bits per heavy atom. The molecule has 0 aliphatic rings. The van der Waals surface area contributed by atoms with Gasteiger partial charge in [0.2, 0.25) is 5.88 Å². The predicted molar refractivity (Wildman–Crippen MR) is 102 cm³/mol. The van der Waals surface area contributed by atoms with Crippen molar-refractivity contribution in [1.82, 2.24) is 29.5 Å². The van der Waals surface area contributed by atoms with E-state index in [2.05, 4.69) is 25.6 Å². The van der Waals surface area contributed by atoms with E-state index in [9.17, 15) is 4.79 Å². The van der Waals surface area contributed by atoms with Crippen molar-refractivity contribution < 1.29 is 9.53 Å². The third-order valence-corrected chi connectivity index (χ3v) is 4.15. The predicted octanol–water partition coefficient (Wildman–Crippen LogP) is 2.32. The van der Waals surface area contributed by atoms with Gasteiger partial charge in [-0.2, -0.15) is 4.98 Å². The number of aromatic nitrogens is 6. The van der Waals surface area contributed by atoms with Gasteiger partial charge in [-0.25, -0.2) is 9.67 Å². The van der Waals surface area contributed by atoms with Crippen LogP contribution in [0.1, 0.15) is 10.5 Å². The van der Waals surface area contributed by atoms with E-state index in [1.165, 1.54) is 11.8 Å². The highest BCUT2D eigenvalue weighted by molar-refractivity contribution is 6.07. The van der Waals surface area contributed by atoms with Gasteiger partial charge >= 0.3 is 0 Å². The number of hydrogen-bond acceptors (Lipinski definition) is 6. The van der Waals surface area contributed by atoms with Crippen molar-refractivity contribution in [2.75, 3.05) is 12.4 Å². The van der Waals surface area contributed by atoms with E-state index in [1.54, 1.807) is 42.5 Å². The fourth-order valence-corrected chi connectivity index (χ4v) is 2.80. The largest absolute Gasteiger partial charge is 0.479 e. The van der Waals surface area contributed by atoms with Gasteiger partial charge in [-0.3, -0.25) is 9.36 Å². The number of anilines is 1. The molecule has 3 aromatic heterocycles. The van der Waals surface area contributed by atoms with Crippen LogP contribution in [0.15, 0.2) is 61.2 Å². The molecule has 0 saturated heterocycles. The first-order valence-electron chi connectivity index (χ1n) is 8.47. The summed E-state index contributed by atoms with van der Waals surface area (Å²) in [7, 11) is 3.17. The zero-order valence-corrected chi connectivity index (χ0v) is 15.3. The molecule has 4 rings (SSSR count). The minimum atomic E-state index is -0.359. The van der Waals surface area contributed by atoms with Gasteiger partial charge in [0.1, 0.15) is 23.5 Å². The molecule has 0 atom stereocenters. The number of benzene rings is 1. The Balaban J connectivity index is 1.65. The first-order valence-corrected chi connectivity index (χ1v) is 8.47. The van der Waals surface area contributed by atoms with E-state index in [0.717, 1.165) is 5.56 Å². The second-order valence-electron chi connectivity index (χ2n) is 5.93. The lowest BCUT2D eigenvalue weighted by molar-refractivity contribution is 0.101. The Bertz CT molecular complexity index is 1100. The average molecular weight is 375 g/mol. The summed E-state index contributed by atoms with van der Waals surface area (Å²) in [6.07, 6.45) is 5.06. The molecule has 0 radical (unpaired) electrons. The van der Waals surface area contributed by atoms with Crippen molar-refractivity contribution in [2.24, 2.45) is 7.05 Å². The van der Waals surface area contributed by atoms with Gasteiger partial charge in [0.25, 0.3) is 5.91 Å². The zero-order valence-electron chi connectivity index (χ0n) is 15.3. The lowest BCUT2D eigenvalue weighted by atomic mass is 10.1. The minimum Gasteiger partial charge on any atom is -0.479 e. The molecule has 0 spiro atoms. The molecular weight excluding hydrogens is 358 g/mol. The molecule has 9 heteroatoms. The SMILES string of the molecule is COc1nc(-n2ccnc2)ccc1NC(=O)c1c(-c2ccccc2)nnn1C. The van der Waals surface area contributed by atoms with Crippen molar-refractivity contribution >= 4 is 11.6 Å². The number of carbonyl (C=O) groups excluding carboxylic acids is 1. The summed E-state index contributed by atoms with van der Waals surface area (Å²) in [5, 5.41) is 11.0. The number of pyridine rings is 1. The van der Waals surface area contributed by atoms with Crippen LogP contribution in [0.5, 0.6) is 5.88 Å². The molecule has 1 N–H and O–H groups in total. The van der Waals surface area contributed by atoms with E-state index >= 15 is 0 Å². The normalized spacial score (nSPS) is 10.6. The Morgan fingerprint density at radius 1 is 1.14 bits per heavy atom. The lowest BCUT2D eigenvalue weighted by Gasteiger charge is -2.11. The molecule has 28 heavy (non-hydrogen) atoms. The fraction of sp³-hybridized carbons (Fsp3) is 0.105. The Labute approximate surface area is 160 Å². The fourth-order valence-electron chi connectivity index (χ4n) is 2.80. The Hall–Kier alpha value is -4.01. The quantitative estimate of drug-likeness (QED) is 0.575. The topological polar surface area (TPSA) is 99.8 Å². The van der Waals surface area contributed by atoms with Gasteiger partial charge in [0.05, 0.1) is 7.11 Å². The van der Waals surface area contributed by atoms with Crippen LogP contribution in [0.25, 0.3) is 17.1 Å². The van der Waals surface area contributed by atoms with Gasteiger partial charge in [0, 0.05) is 25.0 Å². The molecule has 9 nitrogen and oxygen atoms in total. The second kappa shape index (κ2) is 7.31. The van der Waals surface area contributed by atoms with Crippen LogP contribution in [0.3, 0.4) is 0 Å². The summed E-state index contributed by atoms with van der Waals surface area (Å²) < 4.78 is 8.53. The molecule has 0 fully saturated rings. The van der Waals surface area contributed by atoms with Crippen LogP contribution in [0.2, 0.25) is 0 Å². The third-order valence-electron chi connectivity index (χ3n) is 4.15. The van der Waals surface area contributed by atoms with Gasteiger partial charge in [0.15, 0.2) is 5.69 Å². The van der Waals surface area contributed by atoms with Crippen LogP contribution in [0.4, 0.5) is 5.69 Å². The van der Waals surface area contributed by atoms with Gasteiger partial charge in [-0.15, -0.1) is 5.10 Å². The molecule has 0 aliphatic heterocycles. The number of rotatable bonds is 5. The van der Waals surface area contributed by atoms with Crippen LogP contribution >= 0.6 is 0 Å². The average Bonchev–Trinajstić information content (AvgIpc) is 3.39. The number of hydrogen-bond donors (Lipinski definition) is 1. The first-order chi connectivity index (χ1) is 13.7. The maximum atomic E-state index is 13.0. The smallest absolute Gasteiger partial charge is 0.276 e. The molecule has 1 amide bonds. The van der Waals surface area contributed by atoms with E-state index in [4.69, 9.17) is 4.74 Å². The molecule has 0 unspecified atom stereocenters. The number of carbonyl (C=O) groups is 1. The summed E-state index contributed by atoms with van der Waals surface area (Å²) in [4.78, 5) is 21.4. The standard InChI is InChI=1S/C19H17N7O2/c1-25-17(16(23-24-25)13-6-4-3-5-7-13)18(27)21-14-8-9-15(22-19(14)28-2)26-11-10-20-12-26/h3-12H,1-2H3,(H,21,27). The van der Waals surface area contributed by atoms with Crippen LogP contribution in [-0.2, 0) is 7.05 Å². The van der Waals surface area contributed by atoms with Crippen molar-refractivity contribution in [3.05, 3.63) is 66.9 Å². The zero-order chi connectivity index (χ0) is 19.5. The number of aryl methyl sites for hydroxylation is 1. The number of imidazole rings is 1. The second-order valence-corrected chi connectivity index (χ2v) is 5.93. The maximum Gasteiger partial charge on any atom is 0.276 e. The molecule has 0 aliphatic carbocycles. The van der Waals surface area contributed by atoms with E-state index in [1.807, 2.05) is 30.3 Å². The van der Waals surface area contributed by atoms with Crippen molar-refractivity contribution in [2.45, 2.75) is 0 Å². The van der Waals surface area contributed by atoms with Crippen molar-refractivity contribution in [1.29, 1.82) is 0 Å². The number of nitrogens with zero attached hydrogens (tertiary/aromatic N) is 6. The molecule has 1 aromatic carbocycles. The monoisotopic (exact) mass is 375 g/mol. The first kappa shape index (κ1) is 17.4. The minimum absolute atomic E-state index is 0.288. The summed E-state index contributed by atoms with van der Waals surface area (Å²) >= 11 is 0. The molecule has 0 saturated carbocycles. The highest BCUT2D eigenvalue weighted by Crippen LogP contribution is 2.26. The number of ether oxygens (including phenoxy) is 1. The Kier molecular flexibility index (Phi) is 4.55. The van der Waals surface area contributed by atoms with E-state index < -0.39 is 0 Å². The van der Waals surface area contributed by atoms with Crippen LogP contribution in [-0.4, -0.2) is 42.5 Å². The van der Waals surface area contributed by atoms with Crippen molar-refractivity contribution in [3.8, 4) is 23.0 Å². The number of nitrogens with one attached hydrogen (secondary N) is 1. The Morgan fingerprint density at radius 2 is 1.96 bits per heavy atom. The van der Waals surface area contributed by atoms with E-state index in [-0.39, 0.29) is 11.8 Å². The number of methoxy groups -OCH3 is 1. The maximum absolute atomic E-state index is 13.0. The van der Waals surface area contributed by atoms with Crippen LogP contribution < -0.4 is 10.1 Å². The summed E-state index contributed by atoms with van der Waals surface area (Å²) in [5.41, 5.74) is 2.09. The van der Waals surface area contributed by atoms with Crippen molar-refractivity contribution in [3.63, 3.8) is 0 Å². The summed E-state index contributed by atoms with van der Waals surface area (Å²) in [5.74, 6) is 0.553. The van der Waals surface area contributed by atoms with Gasteiger partial charge < -0.3 is 10.1 Å². The molecule has 140 valence electrons. The third kappa shape index (κ3) is 3.20. The summed E-state index contributed by atoms with van der Waals surface area (Å²) in [6.45, 7) is 0. The molecular formula is C19H17N7O2. The van der Waals surface area contributed by atoms with E-state index in [0.29, 0.717) is 22.9 Å². The lowest BCUT2D eigenvalue weighted by Crippen LogP contribution is -2.18. The molecule has 4 aromatic rings. The molecule has 3 heterocycles. The highest BCUT2D eigenvalue weighted by atomic mass is 16.5. The molecule has 0 bridgehead atoms.